The zero-order valence-corrected chi connectivity index (χ0v) is 18.6. The van der Waals surface area contributed by atoms with Gasteiger partial charge < -0.3 is 25.5 Å². The Bertz CT molecular complexity index is 615. The van der Waals surface area contributed by atoms with Crippen molar-refractivity contribution < 1.29 is 5.11 Å². The van der Waals surface area contributed by atoms with Crippen molar-refractivity contribution in [1.29, 1.82) is 0 Å². The Morgan fingerprint density at radius 3 is 2.39 bits per heavy atom. The Labute approximate surface area is 178 Å². The summed E-state index contributed by atoms with van der Waals surface area (Å²) in [4.78, 5) is 9.56. The van der Waals surface area contributed by atoms with Crippen LogP contribution in [0, 0.1) is 5.92 Å². The first kappa shape index (κ1) is 23.2. The van der Waals surface area contributed by atoms with Gasteiger partial charge in [-0.3, -0.25) is 4.99 Å². The molecule has 0 spiro atoms. The molecule has 0 aliphatic carbocycles. The molecular formula is C20H33Cl2N5O. The summed E-state index contributed by atoms with van der Waals surface area (Å²) in [5, 5.41) is 17.9. The van der Waals surface area contributed by atoms with Gasteiger partial charge in [0.1, 0.15) is 0 Å². The van der Waals surface area contributed by atoms with Gasteiger partial charge in [0.15, 0.2) is 5.96 Å². The van der Waals surface area contributed by atoms with Gasteiger partial charge in [-0.05, 0) is 43.7 Å². The monoisotopic (exact) mass is 429 g/mol. The van der Waals surface area contributed by atoms with Crippen molar-refractivity contribution in [2.24, 2.45) is 10.9 Å². The van der Waals surface area contributed by atoms with Crippen molar-refractivity contribution in [1.82, 2.24) is 20.4 Å². The lowest BCUT2D eigenvalue weighted by Gasteiger charge is -2.33. The molecule has 1 aromatic carbocycles. The van der Waals surface area contributed by atoms with Crippen molar-refractivity contribution in [3.8, 4) is 0 Å². The smallest absolute Gasteiger partial charge is 0.191 e. The SMILES string of the molecule is CCNC(=NCC(C)CN1CCN(C)CC1)NCC(O)c1cc(Cl)cc(Cl)c1. The van der Waals surface area contributed by atoms with Gasteiger partial charge in [-0.25, -0.2) is 0 Å². The van der Waals surface area contributed by atoms with E-state index in [1.165, 1.54) is 0 Å². The van der Waals surface area contributed by atoms with E-state index >= 15 is 0 Å². The standard InChI is InChI=1S/C20H33Cl2N5O/c1-4-23-20(24-12-15(2)14-27-7-5-26(3)6-8-27)25-13-19(28)16-9-17(21)11-18(22)10-16/h9-11,15,19,28H,4-8,12-14H2,1-3H3,(H2,23,24,25). The topological polar surface area (TPSA) is 63.1 Å². The number of rotatable bonds is 8. The summed E-state index contributed by atoms with van der Waals surface area (Å²) in [5.41, 5.74) is 0.685. The van der Waals surface area contributed by atoms with E-state index < -0.39 is 6.10 Å². The van der Waals surface area contributed by atoms with Gasteiger partial charge in [0.2, 0.25) is 0 Å². The number of hydrogen-bond acceptors (Lipinski definition) is 4. The maximum absolute atomic E-state index is 10.4. The van der Waals surface area contributed by atoms with Crippen LogP contribution in [0.5, 0.6) is 0 Å². The zero-order chi connectivity index (χ0) is 20.5. The number of guanidine groups is 1. The highest BCUT2D eigenvalue weighted by atomic mass is 35.5. The van der Waals surface area contributed by atoms with Crippen LogP contribution in [-0.4, -0.2) is 80.3 Å². The van der Waals surface area contributed by atoms with Crippen molar-refractivity contribution in [3.05, 3.63) is 33.8 Å². The predicted molar refractivity (Wildman–Crippen MR) is 119 cm³/mol. The van der Waals surface area contributed by atoms with Crippen molar-refractivity contribution in [2.45, 2.75) is 20.0 Å². The first-order valence-electron chi connectivity index (χ1n) is 9.94. The van der Waals surface area contributed by atoms with Gasteiger partial charge in [-0.1, -0.05) is 30.1 Å². The molecule has 1 aliphatic rings. The minimum absolute atomic E-state index is 0.329. The van der Waals surface area contributed by atoms with Gasteiger partial charge in [-0.2, -0.15) is 0 Å². The van der Waals surface area contributed by atoms with E-state index in [-0.39, 0.29) is 0 Å². The van der Waals surface area contributed by atoms with Crippen molar-refractivity contribution in [2.75, 3.05) is 59.4 Å². The highest BCUT2D eigenvalue weighted by molar-refractivity contribution is 6.34. The van der Waals surface area contributed by atoms with Gasteiger partial charge >= 0.3 is 0 Å². The minimum atomic E-state index is -0.720. The molecule has 1 fully saturated rings. The summed E-state index contributed by atoms with van der Waals surface area (Å²) in [6, 6.07) is 5.10. The van der Waals surface area contributed by atoms with E-state index in [0.717, 1.165) is 45.8 Å². The van der Waals surface area contributed by atoms with Gasteiger partial charge in [0.25, 0.3) is 0 Å². The maximum atomic E-state index is 10.4. The van der Waals surface area contributed by atoms with E-state index in [4.69, 9.17) is 23.2 Å². The molecule has 8 heteroatoms. The van der Waals surface area contributed by atoms with Crippen LogP contribution in [0.1, 0.15) is 25.5 Å². The molecule has 0 amide bonds. The third kappa shape index (κ3) is 8.13. The lowest BCUT2D eigenvalue weighted by molar-refractivity contribution is 0.140. The molecule has 0 radical (unpaired) electrons. The van der Waals surface area contributed by atoms with E-state index in [1.54, 1.807) is 18.2 Å². The number of aliphatic hydroxyl groups is 1. The number of piperazine rings is 1. The molecule has 2 unspecified atom stereocenters. The largest absolute Gasteiger partial charge is 0.387 e. The highest BCUT2D eigenvalue weighted by Gasteiger charge is 2.16. The van der Waals surface area contributed by atoms with E-state index in [0.29, 0.717) is 34.0 Å². The van der Waals surface area contributed by atoms with Crippen molar-refractivity contribution >= 4 is 29.2 Å². The molecule has 1 heterocycles. The number of aliphatic hydroxyl groups excluding tert-OH is 1. The average molecular weight is 430 g/mol. The Morgan fingerprint density at radius 2 is 1.79 bits per heavy atom. The van der Waals surface area contributed by atoms with Crippen LogP contribution in [0.25, 0.3) is 0 Å². The predicted octanol–water partition coefficient (Wildman–Crippen LogP) is 2.47. The first-order valence-corrected chi connectivity index (χ1v) is 10.7. The number of nitrogens with one attached hydrogen (secondary N) is 2. The second kappa shape index (κ2) is 11.8. The second-order valence-corrected chi connectivity index (χ2v) is 8.40. The molecule has 28 heavy (non-hydrogen) atoms. The molecule has 2 rings (SSSR count). The van der Waals surface area contributed by atoms with Crippen LogP contribution in [0.3, 0.4) is 0 Å². The molecule has 158 valence electrons. The Hall–Kier alpha value is -1.05. The fourth-order valence-corrected chi connectivity index (χ4v) is 3.74. The number of nitrogens with zero attached hydrogens (tertiary/aromatic N) is 3. The fraction of sp³-hybridized carbons (Fsp3) is 0.650. The Balaban J connectivity index is 1.83. The summed E-state index contributed by atoms with van der Waals surface area (Å²) in [7, 11) is 2.17. The summed E-state index contributed by atoms with van der Waals surface area (Å²) >= 11 is 12.0. The third-order valence-corrected chi connectivity index (χ3v) is 5.24. The van der Waals surface area contributed by atoms with Crippen LogP contribution in [-0.2, 0) is 0 Å². The summed E-state index contributed by atoms with van der Waals surface area (Å²) < 4.78 is 0. The molecule has 0 bridgehead atoms. The normalized spacial score (nSPS) is 18.7. The Kier molecular flexibility index (Phi) is 9.82. The molecule has 6 nitrogen and oxygen atoms in total. The van der Waals surface area contributed by atoms with Crippen LogP contribution in [0.4, 0.5) is 0 Å². The van der Waals surface area contributed by atoms with Gasteiger partial charge in [0.05, 0.1) is 6.10 Å². The van der Waals surface area contributed by atoms with E-state index in [9.17, 15) is 5.11 Å². The minimum Gasteiger partial charge on any atom is -0.387 e. The maximum Gasteiger partial charge on any atom is 0.191 e. The van der Waals surface area contributed by atoms with Crippen LogP contribution >= 0.6 is 23.2 Å². The van der Waals surface area contributed by atoms with Gasteiger partial charge in [-0.15, -0.1) is 0 Å². The van der Waals surface area contributed by atoms with Crippen LogP contribution < -0.4 is 10.6 Å². The second-order valence-electron chi connectivity index (χ2n) is 7.53. The highest BCUT2D eigenvalue weighted by Crippen LogP contribution is 2.23. The molecule has 0 saturated carbocycles. The van der Waals surface area contributed by atoms with E-state index in [2.05, 4.69) is 39.4 Å². The fourth-order valence-electron chi connectivity index (χ4n) is 3.20. The molecule has 3 N–H and O–H groups in total. The van der Waals surface area contributed by atoms with Crippen molar-refractivity contribution in [3.63, 3.8) is 0 Å². The van der Waals surface area contributed by atoms with Crippen LogP contribution in [0.15, 0.2) is 23.2 Å². The Morgan fingerprint density at radius 1 is 1.14 bits per heavy atom. The lowest BCUT2D eigenvalue weighted by atomic mass is 10.1. The molecular weight excluding hydrogens is 397 g/mol. The number of hydrogen-bond donors (Lipinski definition) is 3. The number of aliphatic imine (C=N–C) groups is 1. The molecule has 2 atom stereocenters. The van der Waals surface area contributed by atoms with Crippen LogP contribution in [0.2, 0.25) is 10.0 Å². The molecule has 1 saturated heterocycles. The number of benzene rings is 1. The summed E-state index contributed by atoms with van der Waals surface area (Å²) in [6.07, 6.45) is -0.720. The van der Waals surface area contributed by atoms with E-state index in [1.807, 2.05) is 6.92 Å². The third-order valence-electron chi connectivity index (χ3n) is 4.80. The molecule has 1 aromatic rings. The quantitative estimate of drug-likeness (QED) is 0.437. The molecule has 1 aliphatic heterocycles. The lowest BCUT2D eigenvalue weighted by Crippen LogP contribution is -2.46. The summed E-state index contributed by atoms with van der Waals surface area (Å²) in [5.74, 6) is 1.18. The number of likely N-dealkylation sites (N-methyl/N-ethyl adjacent to an activating group) is 1. The van der Waals surface area contributed by atoms with Gasteiger partial charge in [0, 0.05) is 62.4 Å². The number of halogens is 2. The zero-order valence-electron chi connectivity index (χ0n) is 17.1. The average Bonchev–Trinajstić information content (AvgIpc) is 2.65. The first-order chi connectivity index (χ1) is 13.4. The molecule has 0 aromatic heterocycles. The summed E-state index contributed by atoms with van der Waals surface area (Å²) in [6.45, 7) is 11.6.